The van der Waals surface area contributed by atoms with E-state index in [1.807, 2.05) is 18.2 Å². The van der Waals surface area contributed by atoms with Gasteiger partial charge in [-0.2, -0.15) is 0 Å². The predicted molar refractivity (Wildman–Crippen MR) is 95.6 cm³/mol. The van der Waals surface area contributed by atoms with E-state index < -0.39 is 0 Å². The van der Waals surface area contributed by atoms with Crippen LogP contribution >= 0.6 is 0 Å². The number of aromatic nitrogens is 5. The average molecular weight is 350 g/mol. The van der Waals surface area contributed by atoms with Crippen LogP contribution in [-0.4, -0.2) is 44.2 Å². The third kappa shape index (κ3) is 3.18. The first-order valence-corrected chi connectivity index (χ1v) is 8.34. The van der Waals surface area contributed by atoms with Crippen LogP contribution in [0.25, 0.3) is 11.4 Å². The molecule has 0 radical (unpaired) electrons. The zero-order valence-electron chi connectivity index (χ0n) is 14.3. The van der Waals surface area contributed by atoms with Crippen molar-refractivity contribution >= 4 is 5.95 Å². The van der Waals surface area contributed by atoms with Crippen molar-refractivity contribution in [2.24, 2.45) is 7.05 Å². The quantitative estimate of drug-likeness (QED) is 0.702. The molecule has 0 spiro atoms. The molecular weight excluding hydrogens is 332 g/mol. The van der Waals surface area contributed by atoms with Gasteiger partial charge in [-0.3, -0.25) is 14.3 Å². The zero-order valence-corrected chi connectivity index (χ0v) is 14.3. The first kappa shape index (κ1) is 16.3. The summed E-state index contributed by atoms with van der Waals surface area (Å²) in [7, 11) is 1.72. The lowest BCUT2D eigenvalue weighted by atomic mass is 10.2. The highest BCUT2D eigenvalue weighted by Gasteiger charge is 2.25. The van der Waals surface area contributed by atoms with Gasteiger partial charge in [-0.05, 0) is 18.2 Å². The van der Waals surface area contributed by atoms with E-state index in [0.29, 0.717) is 37.0 Å². The van der Waals surface area contributed by atoms with Crippen molar-refractivity contribution in [2.75, 3.05) is 24.6 Å². The summed E-state index contributed by atoms with van der Waals surface area (Å²) in [5, 5.41) is 0. The minimum atomic E-state index is -0.162. The van der Waals surface area contributed by atoms with Crippen LogP contribution in [0.15, 0.2) is 53.8 Å². The highest BCUT2D eigenvalue weighted by molar-refractivity contribution is 5.55. The van der Waals surface area contributed by atoms with Crippen LogP contribution in [-0.2, 0) is 11.8 Å². The van der Waals surface area contributed by atoms with E-state index in [1.165, 1.54) is 12.4 Å². The summed E-state index contributed by atoms with van der Waals surface area (Å²) >= 11 is 0. The molecule has 132 valence electrons. The van der Waals surface area contributed by atoms with Gasteiger partial charge in [0.05, 0.1) is 30.2 Å². The van der Waals surface area contributed by atoms with Gasteiger partial charge in [-0.25, -0.2) is 15.0 Å². The van der Waals surface area contributed by atoms with Gasteiger partial charge in [0.25, 0.3) is 5.56 Å². The molecule has 0 N–H and O–H groups in total. The summed E-state index contributed by atoms with van der Waals surface area (Å²) in [6.45, 7) is 1.76. The van der Waals surface area contributed by atoms with Crippen LogP contribution in [0.5, 0.6) is 0 Å². The maximum atomic E-state index is 12.4. The fourth-order valence-corrected chi connectivity index (χ4v) is 2.96. The highest BCUT2D eigenvalue weighted by Crippen LogP contribution is 2.24. The molecule has 1 aliphatic heterocycles. The van der Waals surface area contributed by atoms with E-state index in [1.54, 1.807) is 30.1 Å². The molecule has 3 aromatic rings. The maximum Gasteiger partial charge on any atom is 0.255 e. The number of rotatable bonds is 3. The molecule has 8 heteroatoms. The lowest BCUT2D eigenvalue weighted by Crippen LogP contribution is -2.42. The van der Waals surface area contributed by atoms with Crippen LogP contribution < -0.4 is 10.5 Å². The average Bonchev–Trinajstić information content (AvgIpc) is 2.71. The highest BCUT2D eigenvalue weighted by atomic mass is 16.5. The summed E-state index contributed by atoms with van der Waals surface area (Å²) in [6.07, 6.45) is 4.67. The smallest absolute Gasteiger partial charge is 0.255 e. The minimum absolute atomic E-state index is 0.135. The lowest BCUT2D eigenvalue weighted by Gasteiger charge is -2.34. The summed E-state index contributed by atoms with van der Waals surface area (Å²) in [4.78, 5) is 31.6. The summed E-state index contributed by atoms with van der Waals surface area (Å²) in [5.41, 5.74) is 1.89. The second-order valence-corrected chi connectivity index (χ2v) is 5.99. The van der Waals surface area contributed by atoms with E-state index in [0.717, 1.165) is 5.69 Å². The number of ether oxygens (including phenoxy) is 1. The Balaban J connectivity index is 1.68. The SMILES string of the molecule is Cn1c(N2CCOC(c3ccccn3)C2)nc(-c2ccncn2)cc1=O. The van der Waals surface area contributed by atoms with E-state index in [4.69, 9.17) is 4.74 Å². The van der Waals surface area contributed by atoms with Gasteiger partial charge in [-0.1, -0.05) is 6.07 Å². The molecular formula is C18H18N6O2. The second-order valence-electron chi connectivity index (χ2n) is 5.99. The van der Waals surface area contributed by atoms with Crippen molar-refractivity contribution in [1.29, 1.82) is 0 Å². The Bertz CT molecular complexity index is 945. The van der Waals surface area contributed by atoms with E-state index in [-0.39, 0.29) is 11.7 Å². The first-order valence-electron chi connectivity index (χ1n) is 8.34. The monoisotopic (exact) mass is 350 g/mol. The zero-order chi connectivity index (χ0) is 17.9. The first-order chi connectivity index (χ1) is 12.7. The molecule has 0 aromatic carbocycles. The molecule has 0 aliphatic carbocycles. The molecule has 1 aliphatic rings. The maximum absolute atomic E-state index is 12.4. The third-order valence-corrected chi connectivity index (χ3v) is 4.32. The number of hydrogen-bond donors (Lipinski definition) is 0. The predicted octanol–water partition coefficient (Wildman–Crippen LogP) is 1.21. The Morgan fingerprint density at radius 3 is 2.85 bits per heavy atom. The Kier molecular flexibility index (Phi) is 4.40. The number of hydrogen-bond acceptors (Lipinski definition) is 7. The molecule has 0 amide bonds. The largest absolute Gasteiger partial charge is 0.368 e. The number of pyridine rings is 1. The van der Waals surface area contributed by atoms with Crippen molar-refractivity contribution in [3.63, 3.8) is 0 Å². The van der Waals surface area contributed by atoms with Gasteiger partial charge in [0.2, 0.25) is 5.95 Å². The Morgan fingerprint density at radius 1 is 1.15 bits per heavy atom. The van der Waals surface area contributed by atoms with Gasteiger partial charge in [-0.15, -0.1) is 0 Å². The molecule has 1 atom stereocenters. The normalized spacial score (nSPS) is 17.3. The van der Waals surface area contributed by atoms with E-state index in [9.17, 15) is 4.79 Å². The standard InChI is InChI=1S/C18H18N6O2/c1-23-17(25)10-15(13-5-7-19-12-21-13)22-18(23)24-8-9-26-16(11-24)14-4-2-3-6-20-14/h2-7,10,12,16H,8-9,11H2,1H3. The molecule has 3 aromatic heterocycles. The topological polar surface area (TPSA) is 86.0 Å². The molecule has 0 bridgehead atoms. The van der Waals surface area contributed by atoms with Crippen molar-refractivity contribution in [1.82, 2.24) is 24.5 Å². The summed E-state index contributed by atoms with van der Waals surface area (Å²) in [5.74, 6) is 0.593. The number of anilines is 1. The Hall–Kier alpha value is -3.13. The number of morpholine rings is 1. The van der Waals surface area contributed by atoms with Crippen LogP contribution in [0.3, 0.4) is 0 Å². The molecule has 8 nitrogen and oxygen atoms in total. The van der Waals surface area contributed by atoms with Crippen molar-refractivity contribution in [3.05, 3.63) is 65.1 Å². The van der Waals surface area contributed by atoms with E-state index in [2.05, 4.69) is 24.8 Å². The fraction of sp³-hybridized carbons (Fsp3) is 0.278. The summed E-state index contributed by atoms with van der Waals surface area (Å²) < 4.78 is 7.41. The van der Waals surface area contributed by atoms with E-state index >= 15 is 0 Å². The second kappa shape index (κ2) is 7.01. The Morgan fingerprint density at radius 2 is 2.08 bits per heavy atom. The summed E-state index contributed by atoms with van der Waals surface area (Å²) in [6, 6.07) is 8.98. The van der Waals surface area contributed by atoms with Gasteiger partial charge in [0.1, 0.15) is 12.4 Å². The fourth-order valence-electron chi connectivity index (χ4n) is 2.96. The molecule has 0 saturated carbocycles. The minimum Gasteiger partial charge on any atom is -0.368 e. The van der Waals surface area contributed by atoms with Crippen molar-refractivity contribution in [3.8, 4) is 11.4 Å². The number of nitrogens with zero attached hydrogens (tertiary/aromatic N) is 6. The van der Waals surface area contributed by atoms with Crippen LogP contribution in [0.1, 0.15) is 11.8 Å². The molecule has 1 unspecified atom stereocenters. The molecule has 1 saturated heterocycles. The molecule has 4 heterocycles. The Labute approximate surface area is 150 Å². The lowest BCUT2D eigenvalue weighted by molar-refractivity contribution is 0.0362. The molecule has 4 rings (SSSR count). The van der Waals surface area contributed by atoms with Gasteiger partial charge < -0.3 is 9.64 Å². The van der Waals surface area contributed by atoms with Crippen molar-refractivity contribution < 1.29 is 4.74 Å². The molecule has 1 fully saturated rings. The molecule has 26 heavy (non-hydrogen) atoms. The van der Waals surface area contributed by atoms with Crippen LogP contribution in [0.4, 0.5) is 5.95 Å². The van der Waals surface area contributed by atoms with Crippen LogP contribution in [0.2, 0.25) is 0 Å². The van der Waals surface area contributed by atoms with Crippen LogP contribution in [0, 0.1) is 0 Å². The van der Waals surface area contributed by atoms with Gasteiger partial charge in [0.15, 0.2) is 0 Å². The third-order valence-electron chi connectivity index (χ3n) is 4.32. The van der Waals surface area contributed by atoms with Crippen molar-refractivity contribution in [2.45, 2.75) is 6.10 Å². The van der Waals surface area contributed by atoms with Gasteiger partial charge >= 0.3 is 0 Å². The van der Waals surface area contributed by atoms with Gasteiger partial charge in [0, 0.05) is 32.1 Å².